The first-order valence-corrected chi connectivity index (χ1v) is 5.20. The zero-order valence-electron chi connectivity index (χ0n) is 8.27. The fraction of sp³-hybridized carbons (Fsp3) is 1.00. The summed E-state index contributed by atoms with van der Waals surface area (Å²) in [5.74, 6) is 2.93. The molecule has 0 N–H and O–H groups in total. The maximum Gasteiger partial charge on any atom is -0.0414 e. The Balaban J connectivity index is 2.01. The molecule has 1 atom stereocenters. The molecular weight excluding hydrogens is 132 g/mol. The second kappa shape index (κ2) is 4.13. The second-order valence-corrected chi connectivity index (χ2v) is 4.60. The molecule has 11 heavy (non-hydrogen) atoms. The first-order valence-electron chi connectivity index (χ1n) is 5.20. The lowest BCUT2D eigenvalue weighted by molar-refractivity contribution is 0.256. The van der Waals surface area contributed by atoms with Crippen molar-refractivity contribution in [3.05, 3.63) is 0 Å². The summed E-state index contributed by atoms with van der Waals surface area (Å²) in [6, 6.07) is 0. The molecule has 0 bridgehead atoms. The smallest absolute Gasteiger partial charge is 0.0414 e. The number of hydrogen-bond acceptors (Lipinski definition) is 0. The molecule has 1 rings (SSSR count). The van der Waals surface area contributed by atoms with Crippen LogP contribution in [0.3, 0.4) is 0 Å². The summed E-state index contributed by atoms with van der Waals surface area (Å²) >= 11 is 0. The van der Waals surface area contributed by atoms with E-state index in [1.807, 2.05) is 0 Å². The third kappa shape index (κ3) is 2.84. The van der Waals surface area contributed by atoms with Crippen LogP contribution in [0.4, 0.5) is 0 Å². The van der Waals surface area contributed by atoms with Crippen molar-refractivity contribution in [2.45, 2.75) is 52.9 Å². The maximum atomic E-state index is 2.39. The first kappa shape index (κ1) is 9.09. The lowest BCUT2D eigenvalue weighted by Gasteiger charge is -2.27. The standard InChI is InChI=1S/C11H22/c1-9(2)10(3)7-8-11-5-4-6-11/h9-11H,4-8H2,1-3H3. The van der Waals surface area contributed by atoms with Gasteiger partial charge in [0.05, 0.1) is 0 Å². The lowest BCUT2D eigenvalue weighted by atomic mass is 9.79. The molecule has 0 nitrogen and oxygen atoms in total. The Labute approximate surface area is 71.4 Å². The minimum Gasteiger partial charge on any atom is -0.0625 e. The predicted octanol–water partition coefficient (Wildman–Crippen LogP) is 3.86. The number of rotatable bonds is 4. The van der Waals surface area contributed by atoms with Gasteiger partial charge in [0.2, 0.25) is 0 Å². The largest absolute Gasteiger partial charge is 0.0625 e. The van der Waals surface area contributed by atoms with Crippen molar-refractivity contribution in [2.75, 3.05) is 0 Å². The molecule has 0 aromatic rings. The molecule has 66 valence electrons. The van der Waals surface area contributed by atoms with Crippen molar-refractivity contribution in [2.24, 2.45) is 17.8 Å². The maximum absolute atomic E-state index is 2.39. The van der Waals surface area contributed by atoms with Gasteiger partial charge in [-0.1, -0.05) is 52.9 Å². The van der Waals surface area contributed by atoms with Crippen LogP contribution in [0, 0.1) is 17.8 Å². The summed E-state index contributed by atoms with van der Waals surface area (Å²) in [6.07, 6.45) is 7.50. The predicted molar refractivity (Wildman–Crippen MR) is 50.6 cm³/mol. The summed E-state index contributed by atoms with van der Waals surface area (Å²) in [6.45, 7) is 7.07. The van der Waals surface area contributed by atoms with Crippen LogP contribution < -0.4 is 0 Å². The molecule has 1 aliphatic carbocycles. The molecule has 0 amide bonds. The average molecular weight is 154 g/mol. The van der Waals surface area contributed by atoms with Gasteiger partial charge in [0.15, 0.2) is 0 Å². The zero-order valence-corrected chi connectivity index (χ0v) is 8.27. The van der Waals surface area contributed by atoms with Crippen LogP contribution in [-0.2, 0) is 0 Å². The summed E-state index contributed by atoms with van der Waals surface area (Å²) in [7, 11) is 0. The highest BCUT2D eigenvalue weighted by Gasteiger charge is 2.18. The van der Waals surface area contributed by atoms with Gasteiger partial charge in [0.1, 0.15) is 0 Å². The van der Waals surface area contributed by atoms with E-state index in [0.29, 0.717) is 0 Å². The monoisotopic (exact) mass is 154 g/mol. The van der Waals surface area contributed by atoms with Crippen LogP contribution in [0.2, 0.25) is 0 Å². The molecule has 1 fully saturated rings. The Morgan fingerprint density at radius 3 is 2.18 bits per heavy atom. The molecule has 0 saturated heterocycles. The molecule has 1 saturated carbocycles. The SMILES string of the molecule is CC(C)C(C)CCC1CCC1. The van der Waals surface area contributed by atoms with E-state index >= 15 is 0 Å². The fourth-order valence-corrected chi connectivity index (χ4v) is 1.61. The van der Waals surface area contributed by atoms with Crippen molar-refractivity contribution >= 4 is 0 Å². The third-order valence-electron chi connectivity index (χ3n) is 3.39. The van der Waals surface area contributed by atoms with Crippen LogP contribution >= 0.6 is 0 Å². The topological polar surface area (TPSA) is 0 Å². The highest BCUT2D eigenvalue weighted by molar-refractivity contribution is 4.71. The molecule has 0 aromatic carbocycles. The Bertz CT molecular complexity index is 101. The van der Waals surface area contributed by atoms with Crippen molar-refractivity contribution in [1.82, 2.24) is 0 Å². The van der Waals surface area contributed by atoms with Gasteiger partial charge in [-0.3, -0.25) is 0 Å². The molecule has 0 radical (unpaired) electrons. The van der Waals surface area contributed by atoms with E-state index < -0.39 is 0 Å². The third-order valence-corrected chi connectivity index (χ3v) is 3.39. The van der Waals surface area contributed by atoms with Crippen molar-refractivity contribution in [3.63, 3.8) is 0 Å². The molecular formula is C11H22. The molecule has 0 spiro atoms. The second-order valence-electron chi connectivity index (χ2n) is 4.60. The summed E-state index contributed by atoms with van der Waals surface area (Å²) < 4.78 is 0. The van der Waals surface area contributed by atoms with Gasteiger partial charge < -0.3 is 0 Å². The van der Waals surface area contributed by atoms with Gasteiger partial charge in [0.25, 0.3) is 0 Å². The minimum absolute atomic E-state index is 0.884. The Morgan fingerprint density at radius 1 is 1.18 bits per heavy atom. The van der Waals surface area contributed by atoms with Crippen molar-refractivity contribution < 1.29 is 0 Å². The Kier molecular flexibility index (Phi) is 3.42. The van der Waals surface area contributed by atoms with E-state index in [1.54, 1.807) is 0 Å². The fourth-order valence-electron chi connectivity index (χ4n) is 1.61. The number of hydrogen-bond donors (Lipinski definition) is 0. The minimum atomic E-state index is 0.884. The molecule has 1 unspecified atom stereocenters. The molecule has 0 aliphatic heterocycles. The van der Waals surface area contributed by atoms with Crippen molar-refractivity contribution in [1.29, 1.82) is 0 Å². The van der Waals surface area contributed by atoms with E-state index in [1.165, 1.54) is 32.1 Å². The van der Waals surface area contributed by atoms with E-state index in [-0.39, 0.29) is 0 Å². The van der Waals surface area contributed by atoms with Gasteiger partial charge in [0, 0.05) is 0 Å². The molecule has 1 aliphatic rings. The summed E-state index contributed by atoms with van der Waals surface area (Å²) in [4.78, 5) is 0. The van der Waals surface area contributed by atoms with E-state index in [4.69, 9.17) is 0 Å². The van der Waals surface area contributed by atoms with Crippen LogP contribution in [0.15, 0.2) is 0 Å². The van der Waals surface area contributed by atoms with Gasteiger partial charge in [-0.25, -0.2) is 0 Å². The highest BCUT2D eigenvalue weighted by atomic mass is 14.2. The van der Waals surface area contributed by atoms with E-state index in [0.717, 1.165) is 17.8 Å². The Morgan fingerprint density at radius 2 is 1.82 bits per heavy atom. The first-order chi connectivity index (χ1) is 5.20. The van der Waals surface area contributed by atoms with Crippen LogP contribution in [0.1, 0.15) is 52.9 Å². The molecule has 0 aromatic heterocycles. The average Bonchev–Trinajstić information content (AvgIpc) is 1.83. The summed E-state index contributed by atoms with van der Waals surface area (Å²) in [5.41, 5.74) is 0. The zero-order chi connectivity index (χ0) is 8.27. The summed E-state index contributed by atoms with van der Waals surface area (Å²) in [5, 5.41) is 0. The highest BCUT2D eigenvalue weighted by Crippen LogP contribution is 2.32. The van der Waals surface area contributed by atoms with Gasteiger partial charge >= 0.3 is 0 Å². The van der Waals surface area contributed by atoms with Crippen LogP contribution in [0.5, 0.6) is 0 Å². The van der Waals surface area contributed by atoms with Crippen LogP contribution in [0.25, 0.3) is 0 Å². The normalized spacial score (nSPS) is 21.8. The van der Waals surface area contributed by atoms with Crippen molar-refractivity contribution in [3.8, 4) is 0 Å². The van der Waals surface area contributed by atoms with Gasteiger partial charge in [-0.2, -0.15) is 0 Å². The van der Waals surface area contributed by atoms with E-state index in [2.05, 4.69) is 20.8 Å². The van der Waals surface area contributed by atoms with Gasteiger partial charge in [-0.15, -0.1) is 0 Å². The van der Waals surface area contributed by atoms with E-state index in [9.17, 15) is 0 Å². The van der Waals surface area contributed by atoms with Gasteiger partial charge in [-0.05, 0) is 17.8 Å². The molecule has 0 heteroatoms. The van der Waals surface area contributed by atoms with Crippen LogP contribution in [-0.4, -0.2) is 0 Å². The Hall–Kier alpha value is 0. The quantitative estimate of drug-likeness (QED) is 0.577. The lowest BCUT2D eigenvalue weighted by Crippen LogP contribution is -2.13. The molecule has 0 heterocycles.